The molecule has 22 heavy (non-hydrogen) atoms. The SMILES string of the molecule is CC(C)OC(=O)C1=C2c3ncccc3ON2[C@H](Cl)[C@@H](Cl)[C@H]1Cl. The molecule has 5 nitrogen and oxygen atoms in total. The van der Waals surface area contributed by atoms with Crippen molar-refractivity contribution < 1.29 is 14.4 Å². The van der Waals surface area contributed by atoms with E-state index in [9.17, 15) is 4.79 Å². The molecule has 0 spiro atoms. The molecule has 0 radical (unpaired) electrons. The number of hydrogen-bond acceptors (Lipinski definition) is 5. The molecular weight excluding hydrogens is 351 g/mol. The number of esters is 1. The zero-order chi connectivity index (χ0) is 16.0. The normalized spacial score (nSPS) is 26.6. The molecule has 0 N–H and O–H groups in total. The van der Waals surface area contributed by atoms with Crippen LogP contribution in [0.2, 0.25) is 0 Å². The van der Waals surface area contributed by atoms with Crippen LogP contribution in [0.5, 0.6) is 5.75 Å². The highest BCUT2D eigenvalue weighted by Crippen LogP contribution is 2.46. The number of ether oxygens (including phenoxy) is 1. The van der Waals surface area contributed by atoms with Gasteiger partial charge in [0.25, 0.3) is 0 Å². The van der Waals surface area contributed by atoms with Gasteiger partial charge in [0, 0.05) is 6.20 Å². The summed E-state index contributed by atoms with van der Waals surface area (Å²) >= 11 is 18.9. The highest BCUT2D eigenvalue weighted by molar-refractivity contribution is 6.38. The van der Waals surface area contributed by atoms with Crippen molar-refractivity contribution in [3.05, 3.63) is 29.6 Å². The van der Waals surface area contributed by atoms with Gasteiger partial charge in [0.05, 0.1) is 22.4 Å². The number of rotatable bonds is 2. The molecule has 3 rings (SSSR count). The molecule has 0 saturated carbocycles. The van der Waals surface area contributed by atoms with Gasteiger partial charge in [0.2, 0.25) is 0 Å². The summed E-state index contributed by atoms with van der Waals surface area (Å²) in [7, 11) is 0. The minimum absolute atomic E-state index is 0.213. The molecule has 1 aromatic heterocycles. The largest absolute Gasteiger partial charge is 0.460 e. The topological polar surface area (TPSA) is 51.7 Å². The fourth-order valence-electron chi connectivity index (χ4n) is 2.36. The lowest BCUT2D eigenvalue weighted by atomic mass is 10.0. The van der Waals surface area contributed by atoms with Crippen molar-refractivity contribution in [3.63, 3.8) is 0 Å². The van der Waals surface area contributed by atoms with Crippen molar-refractivity contribution in [2.24, 2.45) is 0 Å². The minimum atomic E-state index is -0.807. The number of aromatic nitrogens is 1. The third kappa shape index (κ3) is 2.41. The Morgan fingerprint density at radius 2 is 2.14 bits per heavy atom. The monoisotopic (exact) mass is 362 g/mol. The van der Waals surface area contributed by atoms with Gasteiger partial charge in [-0.1, -0.05) is 11.6 Å². The van der Waals surface area contributed by atoms with Crippen molar-refractivity contribution in [1.82, 2.24) is 10.0 Å². The predicted octanol–water partition coefficient (Wildman–Crippen LogP) is 3.15. The number of fused-ring (bicyclic) bond motifs is 3. The van der Waals surface area contributed by atoms with E-state index in [1.807, 2.05) is 0 Å². The highest BCUT2D eigenvalue weighted by atomic mass is 35.5. The zero-order valence-electron chi connectivity index (χ0n) is 11.8. The van der Waals surface area contributed by atoms with E-state index in [2.05, 4.69) is 4.98 Å². The number of hydroxylamine groups is 2. The first-order valence-electron chi connectivity index (χ1n) is 6.71. The summed E-state index contributed by atoms with van der Waals surface area (Å²) in [5.41, 5.74) is 0.393. The van der Waals surface area contributed by atoms with Crippen LogP contribution in [-0.2, 0) is 9.53 Å². The number of carbonyl (C=O) groups is 1. The summed E-state index contributed by atoms with van der Waals surface area (Å²) in [4.78, 5) is 22.4. The molecule has 2 aliphatic heterocycles. The fraction of sp³-hybridized carbons (Fsp3) is 0.429. The molecule has 0 aliphatic carbocycles. The van der Waals surface area contributed by atoms with E-state index in [-0.39, 0.29) is 11.7 Å². The summed E-state index contributed by atoms with van der Waals surface area (Å²) in [6.45, 7) is 3.51. The van der Waals surface area contributed by atoms with E-state index in [1.165, 1.54) is 5.06 Å². The van der Waals surface area contributed by atoms with Crippen LogP contribution in [0.4, 0.5) is 0 Å². The van der Waals surface area contributed by atoms with E-state index in [0.29, 0.717) is 17.1 Å². The molecule has 0 unspecified atom stereocenters. The van der Waals surface area contributed by atoms with Crippen LogP contribution in [0.15, 0.2) is 23.9 Å². The molecule has 0 aromatic carbocycles. The number of hydrogen-bond donors (Lipinski definition) is 0. The van der Waals surface area contributed by atoms with Crippen molar-refractivity contribution in [2.75, 3.05) is 0 Å². The second-order valence-corrected chi connectivity index (χ2v) is 6.62. The second kappa shape index (κ2) is 5.80. The van der Waals surface area contributed by atoms with Gasteiger partial charge in [-0.2, -0.15) is 5.06 Å². The first-order valence-corrected chi connectivity index (χ1v) is 8.02. The molecule has 0 amide bonds. The number of carbonyl (C=O) groups excluding carboxylic acids is 1. The second-order valence-electron chi connectivity index (χ2n) is 5.20. The molecule has 1 aromatic rings. The Bertz CT molecular complexity index is 650. The lowest BCUT2D eigenvalue weighted by Gasteiger charge is -2.35. The number of halogens is 3. The molecule has 0 saturated heterocycles. The Morgan fingerprint density at radius 3 is 2.82 bits per heavy atom. The third-order valence-corrected chi connectivity index (χ3v) is 4.96. The lowest BCUT2D eigenvalue weighted by Crippen LogP contribution is -2.47. The summed E-state index contributed by atoms with van der Waals surface area (Å²) in [5.74, 6) is -0.0565. The average molecular weight is 364 g/mol. The third-order valence-electron chi connectivity index (χ3n) is 3.27. The molecule has 0 fully saturated rings. The highest BCUT2D eigenvalue weighted by Gasteiger charge is 2.49. The molecule has 8 heteroatoms. The Morgan fingerprint density at radius 1 is 1.41 bits per heavy atom. The summed E-state index contributed by atoms with van der Waals surface area (Å²) < 4.78 is 5.27. The van der Waals surface area contributed by atoms with Crippen LogP contribution < -0.4 is 4.84 Å². The first kappa shape index (κ1) is 15.7. The average Bonchev–Trinajstić information content (AvgIpc) is 2.84. The number of nitrogens with zero attached hydrogens (tertiary/aromatic N) is 2. The zero-order valence-corrected chi connectivity index (χ0v) is 14.1. The van der Waals surface area contributed by atoms with E-state index in [4.69, 9.17) is 44.4 Å². The smallest absolute Gasteiger partial charge is 0.338 e. The minimum Gasteiger partial charge on any atom is -0.460 e. The van der Waals surface area contributed by atoms with Crippen molar-refractivity contribution in [2.45, 2.75) is 36.2 Å². The maximum Gasteiger partial charge on any atom is 0.338 e. The first-order chi connectivity index (χ1) is 10.4. The molecule has 0 bridgehead atoms. The lowest BCUT2D eigenvalue weighted by molar-refractivity contribution is -0.143. The molecule has 2 aliphatic rings. The molecular formula is C14H13Cl3N2O3. The van der Waals surface area contributed by atoms with Gasteiger partial charge in [-0.25, -0.2) is 4.79 Å². The van der Waals surface area contributed by atoms with Crippen LogP contribution in [0, 0.1) is 0 Å². The Labute approximate surface area is 142 Å². The van der Waals surface area contributed by atoms with E-state index in [1.54, 1.807) is 32.2 Å². The predicted molar refractivity (Wildman–Crippen MR) is 83.8 cm³/mol. The van der Waals surface area contributed by atoms with Crippen LogP contribution in [0.3, 0.4) is 0 Å². The molecule has 3 heterocycles. The van der Waals surface area contributed by atoms with Gasteiger partial charge < -0.3 is 9.57 Å². The van der Waals surface area contributed by atoms with Gasteiger partial charge in [0.1, 0.15) is 11.4 Å². The Hall–Kier alpha value is -1.17. The van der Waals surface area contributed by atoms with E-state index >= 15 is 0 Å². The summed E-state index contributed by atoms with van der Waals surface area (Å²) in [5, 5.41) is -0.165. The fourth-order valence-corrected chi connectivity index (χ4v) is 3.28. The van der Waals surface area contributed by atoms with Crippen LogP contribution >= 0.6 is 34.8 Å². The van der Waals surface area contributed by atoms with Gasteiger partial charge in [-0.05, 0) is 26.0 Å². The maximum absolute atomic E-state index is 12.4. The van der Waals surface area contributed by atoms with Gasteiger partial charge in [-0.3, -0.25) is 4.98 Å². The Kier molecular flexibility index (Phi) is 4.14. The van der Waals surface area contributed by atoms with Crippen molar-refractivity contribution in [1.29, 1.82) is 0 Å². The van der Waals surface area contributed by atoms with E-state index < -0.39 is 22.2 Å². The van der Waals surface area contributed by atoms with Crippen LogP contribution in [-0.4, -0.2) is 38.4 Å². The standard InChI is InChI=1S/C14H13Cl3N2O3/c1-6(2)21-14(20)8-9(15)10(16)13(17)19-12(8)11-7(22-19)4-3-5-18-11/h3-6,9-10,13H,1-2H3/t9-,10-,13-/m0/s1. The van der Waals surface area contributed by atoms with Crippen molar-refractivity contribution >= 4 is 46.5 Å². The number of pyridine rings is 1. The maximum atomic E-state index is 12.4. The van der Waals surface area contributed by atoms with Gasteiger partial charge in [0.15, 0.2) is 11.3 Å². The summed E-state index contributed by atoms with van der Waals surface area (Å²) in [6, 6.07) is 3.46. The van der Waals surface area contributed by atoms with Crippen LogP contribution in [0.1, 0.15) is 19.5 Å². The quantitative estimate of drug-likeness (QED) is 0.459. The Balaban J connectivity index is 2.16. The van der Waals surface area contributed by atoms with Gasteiger partial charge in [-0.15, -0.1) is 23.2 Å². The van der Waals surface area contributed by atoms with E-state index in [0.717, 1.165) is 0 Å². The molecule has 3 atom stereocenters. The van der Waals surface area contributed by atoms with Crippen LogP contribution in [0.25, 0.3) is 5.70 Å². The van der Waals surface area contributed by atoms with Crippen molar-refractivity contribution in [3.8, 4) is 5.75 Å². The number of alkyl halides is 3. The molecule has 118 valence electrons. The summed E-state index contributed by atoms with van der Waals surface area (Å²) in [6.07, 6.45) is 1.31. The van der Waals surface area contributed by atoms with Gasteiger partial charge >= 0.3 is 5.97 Å².